The lowest BCUT2D eigenvalue weighted by Gasteiger charge is -2.35. The van der Waals surface area contributed by atoms with Gasteiger partial charge in [0, 0.05) is 4.88 Å². The van der Waals surface area contributed by atoms with E-state index in [1.807, 2.05) is 17.5 Å². The second-order valence-electron chi connectivity index (χ2n) is 3.61. The molecule has 1 saturated carbocycles. The minimum atomic E-state index is -0.756. The van der Waals surface area contributed by atoms with Gasteiger partial charge < -0.3 is 5.11 Å². The maximum Gasteiger partial charge on any atom is 0.115 e. The highest BCUT2D eigenvalue weighted by atomic mass is 35.5. The lowest BCUT2D eigenvalue weighted by Crippen LogP contribution is -2.38. The normalized spacial score (nSPS) is 34.8. The van der Waals surface area contributed by atoms with E-state index in [0.717, 1.165) is 30.6 Å². The summed E-state index contributed by atoms with van der Waals surface area (Å²) in [6.45, 7) is 0. The molecule has 2 atom stereocenters. The maximum absolute atomic E-state index is 10.4. The van der Waals surface area contributed by atoms with Crippen LogP contribution >= 0.6 is 22.9 Å². The van der Waals surface area contributed by atoms with Gasteiger partial charge in [0.25, 0.3) is 0 Å². The molecule has 0 saturated heterocycles. The zero-order valence-corrected chi connectivity index (χ0v) is 8.94. The molecule has 2 rings (SSSR count). The molecule has 0 amide bonds. The second kappa shape index (κ2) is 3.60. The first-order chi connectivity index (χ1) is 6.23. The fraction of sp³-hybridized carbons (Fsp3) is 0.600. The van der Waals surface area contributed by atoms with Gasteiger partial charge in [-0.2, -0.15) is 0 Å². The van der Waals surface area contributed by atoms with Crippen molar-refractivity contribution in [3.05, 3.63) is 22.4 Å². The SMILES string of the molecule is OC1(c2cccs2)CCCCC1Cl. The van der Waals surface area contributed by atoms with Crippen LogP contribution in [-0.4, -0.2) is 10.5 Å². The van der Waals surface area contributed by atoms with Crippen LogP contribution in [0.1, 0.15) is 30.6 Å². The summed E-state index contributed by atoms with van der Waals surface area (Å²) >= 11 is 7.77. The van der Waals surface area contributed by atoms with Crippen LogP contribution in [0.5, 0.6) is 0 Å². The zero-order chi connectivity index (χ0) is 9.31. The largest absolute Gasteiger partial charge is 0.383 e. The molecule has 1 fully saturated rings. The summed E-state index contributed by atoms with van der Waals surface area (Å²) in [5.41, 5.74) is -0.756. The molecule has 1 aromatic heterocycles. The fourth-order valence-corrected chi connectivity index (χ4v) is 3.27. The van der Waals surface area contributed by atoms with Gasteiger partial charge in [-0.1, -0.05) is 18.9 Å². The summed E-state index contributed by atoms with van der Waals surface area (Å²) < 4.78 is 0. The van der Waals surface area contributed by atoms with E-state index < -0.39 is 5.60 Å². The molecule has 1 nitrogen and oxygen atoms in total. The van der Waals surface area contributed by atoms with E-state index >= 15 is 0 Å². The molecule has 0 spiro atoms. The third kappa shape index (κ3) is 1.63. The molecule has 13 heavy (non-hydrogen) atoms. The molecule has 3 heteroatoms. The number of rotatable bonds is 1. The van der Waals surface area contributed by atoms with Gasteiger partial charge in [-0.25, -0.2) is 0 Å². The molecule has 2 unspecified atom stereocenters. The third-order valence-electron chi connectivity index (χ3n) is 2.73. The monoisotopic (exact) mass is 216 g/mol. The summed E-state index contributed by atoms with van der Waals surface area (Å²) in [7, 11) is 0. The first-order valence-corrected chi connectivity index (χ1v) is 5.95. The van der Waals surface area contributed by atoms with E-state index in [4.69, 9.17) is 11.6 Å². The van der Waals surface area contributed by atoms with Gasteiger partial charge >= 0.3 is 0 Å². The van der Waals surface area contributed by atoms with Crippen molar-refractivity contribution in [1.82, 2.24) is 0 Å². The minimum absolute atomic E-state index is 0.111. The van der Waals surface area contributed by atoms with Crippen molar-refractivity contribution in [2.24, 2.45) is 0 Å². The van der Waals surface area contributed by atoms with Crippen molar-refractivity contribution in [3.8, 4) is 0 Å². The van der Waals surface area contributed by atoms with Crippen LogP contribution in [0.3, 0.4) is 0 Å². The highest BCUT2D eigenvalue weighted by Gasteiger charge is 2.39. The van der Waals surface area contributed by atoms with E-state index in [1.165, 1.54) is 0 Å². The van der Waals surface area contributed by atoms with Crippen molar-refractivity contribution < 1.29 is 5.11 Å². The van der Waals surface area contributed by atoms with E-state index in [9.17, 15) is 5.11 Å². The molecule has 0 aliphatic heterocycles. The molecular weight excluding hydrogens is 204 g/mol. The molecule has 0 aromatic carbocycles. The summed E-state index contributed by atoms with van der Waals surface area (Å²) in [6.07, 6.45) is 3.96. The maximum atomic E-state index is 10.4. The van der Waals surface area contributed by atoms with Crippen molar-refractivity contribution in [2.45, 2.75) is 36.7 Å². The molecule has 1 N–H and O–H groups in total. The molecule has 0 bridgehead atoms. The highest BCUT2D eigenvalue weighted by molar-refractivity contribution is 7.10. The van der Waals surface area contributed by atoms with Gasteiger partial charge in [0.15, 0.2) is 0 Å². The van der Waals surface area contributed by atoms with Crippen molar-refractivity contribution in [2.75, 3.05) is 0 Å². The number of thiophene rings is 1. The molecule has 1 heterocycles. The quantitative estimate of drug-likeness (QED) is 0.716. The summed E-state index contributed by atoms with van der Waals surface area (Å²) in [5.74, 6) is 0. The summed E-state index contributed by atoms with van der Waals surface area (Å²) in [4.78, 5) is 1.02. The van der Waals surface area contributed by atoms with E-state index in [0.29, 0.717) is 0 Å². The Hall–Kier alpha value is -0.0500. The number of hydrogen-bond donors (Lipinski definition) is 1. The Morgan fingerprint density at radius 2 is 2.38 bits per heavy atom. The minimum Gasteiger partial charge on any atom is -0.383 e. The fourth-order valence-electron chi connectivity index (χ4n) is 1.92. The smallest absolute Gasteiger partial charge is 0.115 e. The Kier molecular flexibility index (Phi) is 2.63. The van der Waals surface area contributed by atoms with Crippen LogP contribution in [0.4, 0.5) is 0 Å². The Labute approximate surface area is 87.4 Å². The van der Waals surface area contributed by atoms with E-state index in [1.54, 1.807) is 11.3 Å². The van der Waals surface area contributed by atoms with Crippen LogP contribution in [0, 0.1) is 0 Å². The van der Waals surface area contributed by atoms with Crippen LogP contribution in [0.2, 0.25) is 0 Å². The lowest BCUT2D eigenvalue weighted by molar-refractivity contribution is 0.00728. The Bertz CT molecular complexity index is 272. The second-order valence-corrected chi connectivity index (χ2v) is 5.09. The van der Waals surface area contributed by atoms with Crippen LogP contribution < -0.4 is 0 Å². The predicted molar refractivity (Wildman–Crippen MR) is 56.3 cm³/mol. The van der Waals surface area contributed by atoms with Gasteiger partial charge in [0.2, 0.25) is 0 Å². The molecule has 0 radical (unpaired) electrons. The van der Waals surface area contributed by atoms with Gasteiger partial charge in [0.1, 0.15) is 5.60 Å². The highest BCUT2D eigenvalue weighted by Crippen LogP contribution is 2.41. The van der Waals surface area contributed by atoms with Crippen LogP contribution in [0.25, 0.3) is 0 Å². The average molecular weight is 217 g/mol. The van der Waals surface area contributed by atoms with Crippen LogP contribution in [0.15, 0.2) is 17.5 Å². The Morgan fingerprint density at radius 3 is 3.00 bits per heavy atom. The van der Waals surface area contributed by atoms with Crippen molar-refractivity contribution in [1.29, 1.82) is 0 Å². The van der Waals surface area contributed by atoms with Crippen molar-refractivity contribution >= 4 is 22.9 Å². The molecule has 1 aliphatic rings. The number of aliphatic hydroxyl groups is 1. The summed E-state index contributed by atoms with van der Waals surface area (Å²) in [6, 6.07) is 3.95. The first kappa shape index (κ1) is 9.50. The topological polar surface area (TPSA) is 20.2 Å². The predicted octanol–water partition coefficient (Wildman–Crippen LogP) is 3.12. The van der Waals surface area contributed by atoms with Gasteiger partial charge in [-0.3, -0.25) is 0 Å². The molecule has 1 aromatic rings. The van der Waals surface area contributed by atoms with Crippen molar-refractivity contribution in [3.63, 3.8) is 0 Å². The lowest BCUT2D eigenvalue weighted by atomic mass is 9.83. The number of hydrogen-bond acceptors (Lipinski definition) is 2. The van der Waals surface area contributed by atoms with Gasteiger partial charge in [0.05, 0.1) is 5.38 Å². The summed E-state index contributed by atoms with van der Waals surface area (Å²) in [5, 5.41) is 12.3. The molecule has 1 aliphatic carbocycles. The van der Waals surface area contributed by atoms with Gasteiger partial charge in [-0.05, 0) is 24.3 Å². The number of halogens is 1. The Balaban J connectivity index is 2.27. The molecule has 72 valence electrons. The average Bonchev–Trinajstić information content (AvgIpc) is 2.63. The first-order valence-electron chi connectivity index (χ1n) is 4.64. The van der Waals surface area contributed by atoms with E-state index in [2.05, 4.69) is 0 Å². The molecular formula is C10H13ClOS. The number of alkyl halides is 1. The third-order valence-corrected chi connectivity index (χ3v) is 4.35. The van der Waals surface area contributed by atoms with Crippen LogP contribution in [-0.2, 0) is 5.60 Å². The van der Waals surface area contributed by atoms with Gasteiger partial charge in [-0.15, -0.1) is 22.9 Å². The van der Waals surface area contributed by atoms with E-state index in [-0.39, 0.29) is 5.38 Å². The standard InChI is InChI=1S/C10H13ClOS/c11-8-4-1-2-6-10(8,12)9-5-3-7-13-9/h3,5,7-8,12H,1-2,4,6H2. The zero-order valence-electron chi connectivity index (χ0n) is 7.37. The Morgan fingerprint density at radius 1 is 1.54 bits per heavy atom.